The molecule has 2 N–H and O–H groups in total. The predicted octanol–water partition coefficient (Wildman–Crippen LogP) is 2.39. The first-order valence-corrected chi connectivity index (χ1v) is 7.61. The van der Waals surface area contributed by atoms with Crippen LogP contribution in [-0.2, 0) is 4.74 Å². The standard InChI is InChI=1S/C15H30N2O/c1-4-12-5-7-13(8-6-12)17(2)15(11-16)9-14(10-15)18-3/h12-14H,4-11,16H2,1-3H3. The molecule has 0 aliphatic heterocycles. The van der Waals surface area contributed by atoms with Crippen molar-refractivity contribution >= 4 is 0 Å². The van der Waals surface area contributed by atoms with Crippen LogP contribution in [0.3, 0.4) is 0 Å². The highest BCUT2D eigenvalue weighted by Crippen LogP contribution is 2.41. The van der Waals surface area contributed by atoms with Crippen molar-refractivity contribution in [2.75, 3.05) is 20.7 Å². The fraction of sp³-hybridized carbons (Fsp3) is 1.00. The van der Waals surface area contributed by atoms with E-state index in [2.05, 4.69) is 18.9 Å². The molecule has 0 bridgehead atoms. The summed E-state index contributed by atoms with van der Waals surface area (Å²) >= 11 is 0. The number of rotatable bonds is 5. The zero-order chi connectivity index (χ0) is 13.2. The molecule has 0 unspecified atom stereocenters. The summed E-state index contributed by atoms with van der Waals surface area (Å²) in [6.45, 7) is 3.10. The van der Waals surface area contributed by atoms with Crippen molar-refractivity contribution in [1.29, 1.82) is 0 Å². The van der Waals surface area contributed by atoms with Crippen molar-refractivity contribution in [2.24, 2.45) is 11.7 Å². The van der Waals surface area contributed by atoms with Gasteiger partial charge in [-0.3, -0.25) is 4.90 Å². The van der Waals surface area contributed by atoms with Gasteiger partial charge >= 0.3 is 0 Å². The SMILES string of the molecule is CCC1CCC(N(C)C2(CN)CC(OC)C2)CC1. The molecule has 0 amide bonds. The quantitative estimate of drug-likeness (QED) is 0.819. The molecule has 0 aromatic rings. The van der Waals surface area contributed by atoms with Crippen molar-refractivity contribution in [1.82, 2.24) is 4.90 Å². The molecule has 0 spiro atoms. The number of hydrogen-bond acceptors (Lipinski definition) is 3. The van der Waals surface area contributed by atoms with E-state index >= 15 is 0 Å². The third kappa shape index (κ3) is 2.59. The Kier molecular flexibility index (Phi) is 4.68. The third-order valence-corrected chi connectivity index (χ3v) is 5.62. The molecule has 3 heteroatoms. The molecule has 2 rings (SSSR count). The molecule has 0 saturated heterocycles. The number of nitrogens with zero attached hydrogens (tertiary/aromatic N) is 1. The van der Waals surface area contributed by atoms with Crippen LogP contribution in [0, 0.1) is 5.92 Å². The Bertz CT molecular complexity index is 255. The summed E-state index contributed by atoms with van der Waals surface area (Å²) in [5, 5.41) is 0. The summed E-state index contributed by atoms with van der Waals surface area (Å²) in [6.07, 6.45) is 9.53. The number of likely N-dealkylation sites (N-methyl/N-ethyl adjacent to an activating group) is 1. The molecule has 2 saturated carbocycles. The van der Waals surface area contributed by atoms with Crippen LogP contribution in [0.15, 0.2) is 0 Å². The van der Waals surface area contributed by atoms with Gasteiger partial charge in [0.05, 0.1) is 6.10 Å². The van der Waals surface area contributed by atoms with Gasteiger partial charge in [-0.15, -0.1) is 0 Å². The van der Waals surface area contributed by atoms with Gasteiger partial charge in [-0.05, 0) is 51.5 Å². The Morgan fingerprint density at radius 1 is 1.22 bits per heavy atom. The van der Waals surface area contributed by atoms with E-state index in [1.807, 2.05) is 7.11 Å². The van der Waals surface area contributed by atoms with Gasteiger partial charge in [-0.2, -0.15) is 0 Å². The minimum absolute atomic E-state index is 0.227. The number of hydrogen-bond donors (Lipinski definition) is 1. The molecule has 106 valence electrons. The van der Waals surface area contributed by atoms with E-state index in [-0.39, 0.29) is 5.54 Å². The lowest BCUT2D eigenvalue weighted by molar-refractivity contribution is -0.0972. The van der Waals surface area contributed by atoms with Crippen LogP contribution < -0.4 is 5.73 Å². The molecule has 0 atom stereocenters. The second-order valence-electron chi connectivity index (χ2n) is 6.39. The molecule has 0 radical (unpaired) electrons. The highest BCUT2D eigenvalue weighted by Gasteiger charge is 2.48. The van der Waals surface area contributed by atoms with Gasteiger partial charge in [0.2, 0.25) is 0 Å². The van der Waals surface area contributed by atoms with Gasteiger partial charge in [0.1, 0.15) is 0 Å². The molecule has 0 aromatic carbocycles. The Morgan fingerprint density at radius 3 is 2.28 bits per heavy atom. The van der Waals surface area contributed by atoms with E-state index in [0.717, 1.165) is 31.3 Å². The molecule has 18 heavy (non-hydrogen) atoms. The Balaban J connectivity index is 1.89. The Morgan fingerprint density at radius 2 is 1.83 bits per heavy atom. The maximum atomic E-state index is 6.05. The minimum Gasteiger partial charge on any atom is -0.381 e. The Labute approximate surface area is 112 Å². The molecule has 0 heterocycles. The van der Waals surface area contributed by atoms with Crippen LogP contribution >= 0.6 is 0 Å². The number of ether oxygens (including phenoxy) is 1. The largest absolute Gasteiger partial charge is 0.381 e. The van der Waals surface area contributed by atoms with E-state index in [1.54, 1.807) is 0 Å². The lowest BCUT2D eigenvalue weighted by atomic mass is 9.71. The van der Waals surface area contributed by atoms with E-state index in [4.69, 9.17) is 10.5 Å². The van der Waals surface area contributed by atoms with E-state index < -0.39 is 0 Å². The first kappa shape index (κ1) is 14.3. The first-order valence-electron chi connectivity index (χ1n) is 7.61. The molecule has 2 fully saturated rings. The van der Waals surface area contributed by atoms with Crippen molar-refractivity contribution in [2.45, 2.75) is 69.6 Å². The molecular weight excluding hydrogens is 224 g/mol. The van der Waals surface area contributed by atoms with Gasteiger partial charge < -0.3 is 10.5 Å². The second-order valence-corrected chi connectivity index (χ2v) is 6.39. The smallest absolute Gasteiger partial charge is 0.0607 e. The predicted molar refractivity (Wildman–Crippen MR) is 75.6 cm³/mol. The maximum absolute atomic E-state index is 6.05. The number of nitrogens with two attached hydrogens (primary N) is 1. The van der Waals surface area contributed by atoms with Gasteiger partial charge in [0, 0.05) is 25.2 Å². The van der Waals surface area contributed by atoms with Crippen molar-refractivity contribution in [3.63, 3.8) is 0 Å². The summed E-state index contributed by atoms with van der Waals surface area (Å²) in [6, 6.07) is 0.745. The average molecular weight is 254 g/mol. The highest BCUT2D eigenvalue weighted by molar-refractivity contribution is 5.05. The maximum Gasteiger partial charge on any atom is 0.0607 e. The second kappa shape index (κ2) is 5.89. The lowest BCUT2D eigenvalue weighted by Gasteiger charge is -2.55. The summed E-state index contributed by atoms with van der Waals surface area (Å²) in [5.74, 6) is 0.969. The van der Waals surface area contributed by atoms with Gasteiger partial charge in [0.15, 0.2) is 0 Å². The van der Waals surface area contributed by atoms with E-state index in [9.17, 15) is 0 Å². The van der Waals surface area contributed by atoms with Gasteiger partial charge in [0.25, 0.3) is 0 Å². The fourth-order valence-corrected chi connectivity index (χ4v) is 3.88. The normalized spacial score (nSPS) is 40.8. The topological polar surface area (TPSA) is 38.5 Å². The van der Waals surface area contributed by atoms with Gasteiger partial charge in [-0.1, -0.05) is 13.3 Å². The molecule has 2 aliphatic rings. The lowest BCUT2D eigenvalue weighted by Crippen LogP contribution is -2.65. The average Bonchev–Trinajstić information content (AvgIpc) is 2.38. The zero-order valence-corrected chi connectivity index (χ0v) is 12.3. The number of methoxy groups -OCH3 is 1. The highest BCUT2D eigenvalue weighted by atomic mass is 16.5. The van der Waals surface area contributed by atoms with Gasteiger partial charge in [-0.25, -0.2) is 0 Å². The van der Waals surface area contributed by atoms with Crippen LogP contribution in [0.5, 0.6) is 0 Å². The van der Waals surface area contributed by atoms with Crippen LogP contribution in [0.2, 0.25) is 0 Å². The van der Waals surface area contributed by atoms with Crippen LogP contribution in [0.25, 0.3) is 0 Å². The third-order valence-electron chi connectivity index (χ3n) is 5.62. The first-order chi connectivity index (χ1) is 8.65. The molecule has 2 aliphatic carbocycles. The minimum atomic E-state index is 0.227. The van der Waals surface area contributed by atoms with Crippen molar-refractivity contribution < 1.29 is 4.74 Å². The molecule has 0 aromatic heterocycles. The monoisotopic (exact) mass is 254 g/mol. The zero-order valence-electron chi connectivity index (χ0n) is 12.3. The van der Waals surface area contributed by atoms with Crippen molar-refractivity contribution in [3.8, 4) is 0 Å². The fourth-order valence-electron chi connectivity index (χ4n) is 3.88. The van der Waals surface area contributed by atoms with Crippen molar-refractivity contribution in [3.05, 3.63) is 0 Å². The molecule has 3 nitrogen and oxygen atoms in total. The summed E-state index contributed by atoms with van der Waals surface area (Å²) in [4.78, 5) is 2.59. The summed E-state index contributed by atoms with van der Waals surface area (Å²) in [7, 11) is 4.10. The van der Waals surface area contributed by atoms with Crippen LogP contribution in [0.1, 0.15) is 51.9 Å². The summed E-state index contributed by atoms with van der Waals surface area (Å²) in [5.41, 5.74) is 6.28. The Hall–Kier alpha value is -0.120. The van der Waals surface area contributed by atoms with Crippen LogP contribution in [0.4, 0.5) is 0 Å². The molecular formula is C15H30N2O. The van der Waals surface area contributed by atoms with Crippen LogP contribution in [-0.4, -0.2) is 43.3 Å². The van der Waals surface area contributed by atoms with E-state index in [0.29, 0.717) is 6.10 Å². The van der Waals surface area contributed by atoms with E-state index in [1.165, 1.54) is 32.1 Å². The summed E-state index contributed by atoms with van der Waals surface area (Å²) < 4.78 is 5.43.